The SMILES string of the molecule is CN(C)S(=O)(=O)n1ccnc1CN1CCC(C)(c2ccc(Cl)cc2)CC1. The van der Waals surface area contributed by atoms with Crippen LogP contribution in [0.3, 0.4) is 0 Å². The van der Waals surface area contributed by atoms with Crippen LogP contribution in [0.15, 0.2) is 36.7 Å². The normalized spacial score (nSPS) is 18.3. The van der Waals surface area contributed by atoms with E-state index in [2.05, 4.69) is 28.9 Å². The van der Waals surface area contributed by atoms with Crippen molar-refractivity contribution in [3.8, 4) is 0 Å². The van der Waals surface area contributed by atoms with Gasteiger partial charge in [0.05, 0.1) is 6.54 Å². The number of aromatic nitrogens is 2. The quantitative estimate of drug-likeness (QED) is 0.779. The maximum Gasteiger partial charge on any atom is 0.308 e. The number of likely N-dealkylation sites (tertiary alicyclic amines) is 1. The lowest BCUT2D eigenvalue weighted by atomic mass is 9.74. The minimum Gasteiger partial charge on any atom is -0.296 e. The van der Waals surface area contributed by atoms with Gasteiger partial charge in [-0.05, 0) is 49.0 Å². The second-order valence-electron chi connectivity index (χ2n) is 7.27. The first-order valence-corrected chi connectivity index (χ1v) is 10.4. The summed E-state index contributed by atoms with van der Waals surface area (Å²) in [6, 6.07) is 8.09. The summed E-state index contributed by atoms with van der Waals surface area (Å²) in [6.07, 6.45) is 5.07. The van der Waals surface area contributed by atoms with E-state index in [-0.39, 0.29) is 5.41 Å². The Morgan fingerprint density at radius 1 is 1.19 bits per heavy atom. The van der Waals surface area contributed by atoms with Gasteiger partial charge in [0.15, 0.2) is 0 Å². The summed E-state index contributed by atoms with van der Waals surface area (Å²) < 4.78 is 27.2. The van der Waals surface area contributed by atoms with E-state index >= 15 is 0 Å². The van der Waals surface area contributed by atoms with Crippen molar-refractivity contribution in [3.05, 3.63) is 53.1 Å². The molecule has 1 fully saturated rings. The number of rotatable bonds is 5. The predicted octanol–water partition coefficient (Wildman–Crippen LogP) is 2.74. The van der Waals surface area contributed by atoms with Crippen molar-refractivity contribution in [2.75, 3.05) is 27.2 Å². The molecule has 0 atom stereocenters. The highest BCUT2D eigenvalue weighted by Crippen LogP contribution is 2.35. The second-order valence-corrected chi connectivity index (χ2v) is 9.73. The molecule has 6 nitrogen and oxygen atoms in total. The topological polar surface area (TPSA) is 58.4 Å². The molecule has 0 saturated carbocycles. The molecule has 0 spiro atoms. The lowest BCUT2D eigenvalue weighted by Gasteiger charge is -2.39. The Labute approximate surface area is 160 Å². The van der Waals surface area contributed by atoms with Gasteiger partial charge in [-0.1, -0.05) is 30.7 Å². The highest BCUT2D eigenvalue weighted by Gasteiger charge is 2.32. The largest absolute Gasteiger partial charge is 0.308 e. The molecule has 2 aromatic rings. The number of imidazole rings is 1. The molecule has 0 aliphatic carbocycles. The standard InChI is InChI=1S/C18H25ClN4O2S/c1-18(15-4-6-16(19)7-5-15)8-11-22(12-9-18)14-17-20-10-13-23(17)26(24,25)21(2)3/h4-7,10,13H,8-9,11-12,14H2,1-3H3. The molecule has 1 aliphatic rings. The van der Waals surface area contributed by atoms with E-state index in [9.17, 15) is 8.42 Å². The minimum atomic E-state index is -3.54. The zero-order chi connectivity index (χ0) is 18.9. The second kappa shape index (κ2) is 7.31. The maximum atomic E-state index is 12.4. The van der Waals surface area contributed by atoms with E-state index in [0.29, 0.717) is 12.4 Å². The molecule has 0 radical (unpaired) electrons. The average Bonchev–Trinajstić information content (AvgIpc) is 3.06. The van der Waals surface area contributed by atoms with Crippen molar-refractivity contribution in [3.63, 3.8) is 0 Å². The Balaban J connectivity index is 1.69. The first-order valence-electron chi connectivity index (χ1n) is 8.66. The third-order valence-corrected chi connectivity index (χ3v) is 7.26. The van der Waals surface area contributed by atoms with Crippen molar-refractivity contribution in [1.29, 1.82) is 0 Å². The average molecular weight is 397 g/mol. The smallest absolute Gasteiger partial charge is 0.296 e. The highest BCUT2D eigenvalue weighted by atomic mass is 35.5. The Hall–Kier alpha value is -1.41. The molecule has 142 valence electrons. The van der Waals surface area contributed by atoms with Crippen LogP contribution in [0.1, 0.15) is 31.2 Å². The van der Waals surface area contributed by atoms with Gasteiger partial charge in [-0.15, -0.1) is 0 Å². The third kappa shape index (κ3) is 3.81. The molecule has 1 saturated heterocycles. The molecule has 8 heteroatoms. The molecular weight excluding hydrogens is 372 g/mol. The van der Waals surface area contributed by atoms with Gasteiger partial charge >= 0.3 is 10.2 Å². The van der Waals surface area contributed by atoms with E-state index in [1.807, 2.05) is 12.1 Å². The summed E-state index contributed by atoms with van der Waals surface area (Å²) in [7, 11) is -0.486. The number of benzene rings is 1. The zero-order valence-corrected chi connectivity index (χ0v) is 17.0. The molecule has 26 heavy (non-hydrogen) atoms. The molecule has 0 unspecified atom stereocenters. The molecule has 3 rings (SSSR count). The summed E-state index contributed by atoms with van der Waals surface area (Å²) in [5, 5.41) is 0.753. The molecule has 1 aliphatic heterocycles. The van der Waals surface area contributed by atoms with Gasteiger partial charge < -0.3 is 0 Å². The number of nitrogens with zero attached hydrogens (tertiary/aromatic N) is 4. The summed E-state index contributed by atoms with van der Waals surface area (Å²) in [4.78, 5) is 6.53. The Morgan fingerprint density at radius 2 is 1.81 bits per heavy atom. The van der Waals surface area contributed by atoms with Crippen molar-refractivity contribution in [1.82, 2.24) is 18.2 Å². The molecule has 0 bridgehead atoms. The van der Waals surface area contributed by atoms with Crippen LogP contribution in [0.2, 0.25) is 5.02 Å². The fourth-order valence-electron chi connectivity index (χ4n) is 3.36. The molecule has 2 heterocycles. The number of piperidine rings is 1. The van der Waals surface area contributed by atoms with Crippen molar-refractivity contribution in [2.45, 2.75) is 31.7 Å². The van der Waals surface area contributed by atoms with Crippen LogP contribution in [0.25, 0.3) is 0 Å². The van der Waals surface area contributed by atoms with Crippen LogP contribution in [0, 0.1) is 0 Å². The lowest BCUT2D eigenvalue weighted by Crippen LogP contribution is -2.41. The van der Waals surface area contributed by atoms with Crippen LogP contribution in [0.5, 0.6) is 0 Å². The van der Waals surface area contributed by atoms with Gasteiger partial charge in [0.2, 0.25) is 0 Å². The minimum absolute atomic E-state index is 0.117. The van der Waals surface area contributed by atoms with Crippen LogP contribution >= 0.6 is 11.6 Å². The fraction of sp³-hybridized carbons (Fsp3) is 0.500. The fourth-order valence-corrected chi connectivity index (χ4v) is 4.42. The van der Waals surface area contributed by atoms with Gasteiger partial charge in [-0.25, -0.2) is 8.96 Å². The van der Waals surface area contributed by atoms with Crippen LogP contribution in [-0.4, -0.2) is 53.8 Å². The zero-order valence-electron chi connectivity index (χ0n) is 15.4. The molecule has 0 N–H and O–H groups in total. The van der Waals surface area contributed by atoms with E-state index in [4.69, 9.17) is 11.6 Å². The molecular formula is C18H25ClN4O2S. The van der Waals surface area contributed by atoms with Crippen LogP contribution < -0.4 is 0 Å². The molecule has 1 aromatic carbocycles. The Kier molecular flexibility index (Phi) is 5.44. The van der Waals surface area contributed by atoms with Crippen molar-refractivity contribution in [2.24, 2.45) is 0 Å². The van der Waals surface area contributed by atoms with Gasteiger partial charge in [0, 0.05) is 31.5 Å². The summed E-state index contributed by atoms with van der Waals surface area (Å²) in [6.45, 7) is 4.60. The Morgan fingerprint density at radius 3 is 2.38 bits per heavy atom. The van der Waals surface area contributed by atoms with Gasteiger partial charge in [0.25, 0.3) is 0 Å². The van der Waals surface area contributed by atoms with Crippen molar-refractivity contribution < 1.29 is 8.42 Å². The van der Waals surface area contributed by atoms with E-state index in [1.165, 1.54) is 40.3 Å². The monoisotopic (exact) mass is 396 g/mol. The van der Waals surface area contributed by atoms with Crippen molar-refractivity contribution >= 4 is 21.8 Å². The van der Waals surface area contributed by atoms with Crippen LogP contribution in [0.4, 0.5) is 0 Å². The summed E-state index contributed by atoms with van der Waals surface area (Å²) >= 11 is 6.00. The predicted molar refractivity (Wildman–Crippen MR) is 104 cm³/mol. The van der Waals surface area contributed by atoms with E-state index in [0.717, 1.165) is 31.0 Å². The summed E-state index contributed by atoms with van der Waals surface area (Å²) in [5.41, 5.74) is 1.42. The molecule has 0 amide bonds. The number of halogens is 1. The van der Waals surface area contributed by atoms with Gasteiger partial charge in [-0.3, -0.25) is 4.90 Å². The van der Waals surface area contributed by atoms with Gasteiger partial charge in [-0.2, -0.15) is 12.7 Å². The first-order chi connectivity index (χ1) is 12.2. The third-order valence-electron chi connectivity index (χ3n) is 5.26. The maximum absolute atomic E-state index is 12.4. The summed E-state index contributed by atoms with van der Waals surface area (Å²) in [5.74, 6) is 0.550. The van der Waals surface area contributed by atoms with E-state index in [1.54, 1.807) is 0 Å². The number of hydrogen-bond donors (Lipinski definition) is 0. The Bertz CT molecular complexity index is 854. The lowest BCUT2D eigenvalue weighted by molar-refractivity contribution is 0.158. The molecule has 1 aromatic heterocycles. The highest BCUT2D eigenvalue weighted by molar-refractivity contribution is 7.87. The van der Waals surface area contributed by atoms with Gasteiger partial charge in [0.1, 0.15) is 5.82 Å². The first kappa shape index (κ1) is 19.4. The van der Waals surface area contributed by atoms with Crippen LogP contribution in [-0.2, 0) is 22.2 Å². The van der Waals surface area contributed by atoms with E-state index < -0.39 is 10.2 Å². The number of hydrogen-bond acceptors (Lipinski definition) is 4.